The molecule has 3 aromatic rings. The second kappa shape index (κ2) is 27.3. The molecular formula is C49H52Cl3NO22. The lowest BCUT2D eigenvalue weighted by atomic mass is 9.88. The molecule has 11 atom stereocenters. The third-order valence-electron chi connectivity index (χ3n) is 10.8. The molecule has 0 aromatic heterocycles. The molecule has 1 N–H and O–H groups in total. The van der Waals surface area contributed by atoms with Crippen molar-refractivity contribution in [2.75, 3.05) is 34.0 Å². The summed E-state index contributed by atoms with van der Waals surface area (Å²) < 4.78 is 72.9. The molecule has 26 heteroatoms. The van der Waals surface area contributed by atoms with Crippen LogP contribution in [0.5, 0.6) is 0 Å². The first-order chi connectivity index (χ1) is 35.5. The van der Waals surface area contributed by atoms with E-state index in [2.05, 4.69) is 5.32 Å². The second-order valence-corrected chi connectivity index (χ2v) is 18.9. The van der Waals surface area contributed by atoms with Gasteiger partial charge in [-0.05, 0) is 36.4 Å². The minimum absolute atomic E-state index is 0.00999. The van der Waals surface area contributed by atoms with Crippen molar-refractivity contribution in [2.45, 2.75) is 105 Å². The quantitative estimate of drug-likeness (QED) is 0.0923. The zero-order valence-corrected chi connectivity index (χ0v) is 43.1. The number of amides is 1. The van der Waals surface area contributed by atoms with Crippen LogP contribution in [0.3, 0.4) is 0 Å². The molecule has 0 bridgehead atoms. The lowest BCUT2D eigenvalue weighted by molar-refractivity contribution is -0.336. The van der Waals surface area contributed by atoms with Gasteiger partial charge in [0.05, 0.1) is 42.9 Å². The Morgan fingerprint density at radius 1 is 0.653 bits per heavy atom. The number of esters is 8. The van der Waals surface area contributed by atoms with Crippen LogP contribution in [0.15, 0.2) is 91.0 Å². The summed E-state index contributed by atoms with van der Waals surface area (Å²) in [6, 6.07) is 21.0. The molecular weight excluding hydrogens is 1060 g/mol. The Kier molecular flexibility index (Phi) is 21.5. The number of benzene rings is 3. The monoisotopic (exact) mass is 1110 g/mol. The normalized spacial score (nSPS) is 24.1. The van der Waals surface area contributed by atoms with Crippen LogP contribution in [-0.4, -0.2) is 159 Å². The molecule has 0 aliphatic carbocycles. The predicted octanol–water partition coefficient (Wildman–Crippen LogP) is 4.53. The lowest BCUT2D eigenvalue weighted by Crippen LogP contribution is -2.70. The van der Waals surface area contributed by atoms with E-state index in [1.807, 2.05) is 0 Å². The third-order valence-corrected chi connectivity index (χ3v) is 11.2. The van der Waals surface area contributed by atoms with Gasteiger partial charge in [0.1, 0.15) is 31.5 Å². The maximum Gasteiger partial charge on any atom is 0.407 e. The minimum Gasteiger partial charge on any atom is -0.465 e. The van der Waals surface area contributed by atoms with Gasteiger partial charge in [-0.25, -0.2) is 24.0 Å². The third kappa shape index (κ3) is 17.0. The summed E-state index contributed by atoms with van der Waals surface area (Å²) in [5.41, 5.74) is 0.0544. The summed E-state index contributed by atoms with van der Waals surface area (Å²) in [6.45, 7) is 1.18. The van der Waals surface area contributed by atoms with Gasteiger partial charge >= 0.3 is 53.8 Å². The zero-order chi connectivity index (χ0) is 55.0. The number of hydrogen-bond donors (Lipinski definition) is 1. The van der Waals surface area contributed by atoms with Crippen LogP contribution in [0.4, 0.5) is 4.79 Å². The lowest BCUT2D eigenvalue weighted by Gasteiger charge is -2.49. The summed E-state index contributed by atoms with van der Waals surface area (Å²) in [7, 11) is 2.06. The molecule has 3 aromatic carbocycles. The zero-order valence-electron chi connectivity index (χ0n) is 40.9. The van der Waals surface area contributed by atoms with Crippen LogP contribution in [0, 0.1) is 0 Å². The van der Waals surface area contributed by atoms with E-state index in [1.165, 1.54) is 48.5 Å². The van der Waals surface area contributed by atoms with E-state index in [0.29, 0.717) is 0 Å². The van der Waals surface area contributed by atoms with Crippen LogP contribution in [0.1, 0.15) is 65.2 Å². The summed E-state index contributed by atoms with van der Waals surface area (Å²) in [5.74, 6) is -11.3. The Morgan fingerprint density at radius 2 is 1.16 bits per heavy atom. The Bertz CT molecular complexity index is 2480. The number of alkyl carbamates (subject to hydrolysis) is 1. The van der Waals surface area contributed by atoms with Gasteiger partial charge in [-0.2, -0.15) is 0 Å². The Hall–Kier alpha value is -6.60. The number of carbonyl (C=O) groups is 9. The van der Waals surface area contributed by atoms with Crippen molar-refractivity contribution in [3.8, 4) is 0 Å². The average molecular weight is 1110 g/mol. The molecule has 23 nitrogen and oxygen atoms in total. The SMILES string of the molecule is COC(=O)[C@@]1(OC[C@H]2O[C@H](OC)[C@H](OC(=O)c3ccccc3)[C@@H](OC(=O)c3ccccc3)[C@@H]2OC(=O)c2ccccc2)C[C@H](OC(C)=O)[C@@H](NC(=O)OCC(Cl)(Cl)Cl)[C@H]([C@H](OC(C)=O)[C@@H](COC(C)=O)OC(C)=O)O1. The van der Waals surface area contributed by atoms with Crippen LogP contribution in [-0.2, 0) is 85.6 Å². The summed E-state index contributed by atoms with van der Waals surface area (Å²) in [4.78, 5) is 120. The van der Waals surface area contributed by atoms with Gasteiger partial charge in [-0.1, -0.05) is 89.4 Å². The van der Waals surface area contributed by atoms with E-state index in [1.54, 1.807) is 42.5 Å². The standard InChI is InChI=1S/C49H52Cl3NO22/c1-26(54)65-23-34(69-28(3)56)37(70-29(4)57)39-36(53-47(62)66-25-49(50,51)52)33(68-27(2)55)22-48(75-39,46(61)64-6)67-24-35-38(72-42(58)30-16-10-7-11-17-30)40(73-43(59)31-18-12-8-13-19-31)41(45(63-5)71-35)74-44(60)32-20-14-9-15-21-32/h7-21,33-41,45H,22-25H2,1-6H3,(H,53,62)/t33-,34+,35+,36+,37+,38+,39+,40-,41+,45-,48+/m0/s1. The fraction of sp³-hybridized carbons (Fsp3) is 0.449. The first kappa shape index (κ1) is 59.3. The summed E-state index contributed by atoms with van der Waals surface area (Å²) in [5, 5.41) is 2.38. The number of methoxy groups -OCH3 is 2. The van der Waals surface area contributed by atoms with Crippen LogP contribution in [0.2, 0.25) is 0 Å². The van der Waals surface area contributed by atoms with Gasteiger partial charge in [0.25, 0.3) is 5.79 Å². The highest BCUT2D eigenvalue weighted by molar-refractivity contribution is 6.67. The van der Waals surface area contributed by atoms with E-state index in [0.717, 1.165) is 41.9 Å². The van der Waals surface area contributed by atoms with E-state index in [9.17, 15) is 43.2 Å². The summed E-state index contributed by atoms with van der Waals surface area (Å²) in [6.07, 6.45) is -18.8. The van der Waals surface area contributed by atoms with E-state index in [4.69, 9.17) is 96.4 Å². The number of ether oxygens (including phenoxy) is 13. The molecule has 2 saturated heterocycles. The number of nitrogens with one attached hydrogen (secondary N) is 1. The highest BCUT2D eigenvalue weighted by Crippen LogP contribution is 2.39. The Labute approximate surface area is 443 Å². The maximum absolute atomic E-state index is 14.4. The van der Waals surface area contributed by atoms with Crippen molar-refractivity contribution >= 4 is 88.7 Å². The van der Waals surface area contributed by atoms with Gasteiger partial charge in [-0.3, -0.25) is 19.2 Å². The van der Waals surface area contributed by atoms with Gasteiger partial charge in [-0.15, -0.1) is 0 Å². The summed E-state index contributed by atoms with van der Waals surface area (Å²) >= 11 is 17.5. The predicted molar refractivity (Wildman–Crippen MR) is 255 cm³/mol. The van der Waals surface area contributed by atoms with E-state index >= 15 is 0 Å². The molecule has 75 heavy (non-hydrogen) atoms. The second-order valence-electron chi connectivity index (χ2n) is 16.4. The van der Waals surface area contributed by atoms with Gasteiger partial charge < -0.3 is 66.9 Å². The first-order valence-electron chi connectivity index (χ1n) is 22.6. The van der Waals surface area contributed by atoms with Crippen molar-refractivity contribution in [1.82, 2.24) is 5.32 Å². The molecule has 2 aliphatic heterocycles. The van der Waals surface area contributed by atoms with Crippen LogP contribution < -0.4 is 5.32 Å². The van der Waals surface area contributed by atoms with Crippen molar-refractivity contribution < 1.29 is 105 Å². The van der Waals surface area contributed by atoms with Gasteiger partial charge in [0.2, 0.25) is 3.79 Å². The highest BCUT2D eigenvalue weighted by Gasteiger charge is 2.61. The van der Waals surface area contributed by atoms with Crippen LogP contribution >= 0.6 is 34.8 Å². The fourth-order valence-electron chi connectivity index (χ4n) is 7.76. The van der Waals surface area contributed by atoms with Gasteiger partial charge in [0.15, 0.2) is 36.8 Å². The Morgan fingerprint density at radius 3 is 1.61 bits per heavy atom. The first-order valence-corrected chi connectivity index (χ1v) is 23.7. The number of carbonyl (C=O) groups excluding carboxylic acids is 9. The number of rotatable bonds is 20. The maximum atomic E-state index is 14.4. The Balaban J connectivity index is 1.68. The van der Waals surface area contributed by atoms with Crippen LogP contribution in [0.25, 0.3) is 0 Å². The van der Waals surface area contributed by atoms with Crippen molar-refractivity contribution in [1.29, 1.82) is 0 Å². The molecule has 0 saturated carbocycles. The van der Waals surface area contributed by atoms with Crippen molar-refractivity contribution in [3.05, 3.63) is 108 Å². The van der Waals surface area contributed by atoms with E-state index < -0.39 is 151 Å². The van der Waals surface area contributed by atoms with Crippen molar-refractivity contribution in [3.63, 3.8) is 0 Å². The van der Waals surface area contributed by atoms with Gasteiger partial charge in [0, 0.05) is 34.8 Å². The molecule has 406 valence electrons. The number of alkyl halides is 3. The molecule has 5 rings (SSSR count). The van der Waals surface area contributed by atoms with Crippen molar-refractivity contribution in [2.24, 2.45) is 0 Å². The molecule has 2 aliphatic rings. The number of halogens is 3. The molecule has 2 heterocycles. The number of hydrogen-bond acceptors (Lipinski definition) is 22. The minimum atomic E-state index is -2.90. The average Bonchev–Trinajstić information content (AvgIpc) is 3.37. The largest absolute Gasteiger partial charge is 0.465 e. The smallest absolute Gasteiger partial charge is 0.407 e. The molecule has 0 unspecified atom stereocenters. The highest BCUT2D eigenvalue weighted by atomic mass is 35.6. The molecule has 1 amide bonds. The fourth-order valence-corrected chi connectivity index (χ4v) is 7.92. The van der Waals surface area contributed by atoms with E-state index in [-0.39, 0.29) is 16.7 Å². The molecule has 0 radical (unpaired) electrons. The molecule has 0 spiro atoms. The topological polar surface area (TPSA) is 286 Å². The molecule has 2 fully saturated rings.